The van der Waals surface area contributed by atoms with Crippen LogP contribution in [-0.2, 0) is 18.4 Å². The Morgan fingerprint density at radius 1 is 1.45 bits per heavy atom. The summed E-state index contributed by atoms with van der Waals surface area (Å²) in [6, 6.07) is -0.253. The van der Waals surface area contributed by atoms with Crippen LogP contribution in [0.25, 0.3) is 0 Å². The van der Waals surface area contributed by atoms with Gasteiger partial charge in [0.05, 0.1) is 12.1 Å². The van der Waals surface area contributed by atoms with Gasteiger partial charge in [0.15, 0.2) is 0 Å². The molecule has 1 unspecified atom stereocenters. The number of nitrogens with zero attached hydrogens (tertiary/aromatic N) is 2. The number of aliphatic carboxylic acids is 1. The summed E-state index contributed by atoms with van der Waals surface area (Å²) in [6.07, 6.45) is 2.92. The highest BCUT2D eigenvalue weighted by Crippen LogP contribution is 2.05. The minimum Gasteiger partial charge on any atom is -0.481 e. The van der Waals surface area contributed by atoms with Gasteiger partial charge in [0.25, 0.3) is 0 Å². The van der Waals surface area contributed by atoms with Gasteiger partial charge in [0.1, 0.15) is 0 Å². The zero-order chi connectivity index (χ0) is 15.1. The van der Waals surface area contributed by atoms with Gasteiger partial charge in [-0.2, -0.15) is 5.10 Å². The number of urea groups is 1. The van der Waals surface area contributed by atoms with E-state index >= 15 is 0 Å². The summed E-state index contributed by atoms with van der Waals surface area (Å²) in [7, 11) is 1.85. The van der Waals surface area contributed by atoms with Gasteiger partial charge in [-0.05, 0) is 19.8 Å². The summed E-state index contributed by atoms with van der Waals surface area (Å²) >= 11 is 0. The molecule has 1 rings (SSSR count). The molecular weight excluding hydrogens is 260 g/mol. The molecule has 0 fully saturated rings. The summed E-state index contributed by atoms with van der Waals surface area (Å²) in [4.78, 5) is 22.2. The van der Waals surface area contributed by atoms with E-state index in [2.05, 4.69) is 15.7 Å². The highest BCUT2D eigenvalue weighted by molar-refractivity contribution is 5.73. The van der Waals surface area contributed by atoms with Gasteiger partial charge >= 0.3 is 12.0 Å². The number of rotatable bonds is 7. The van der Waals surface area contributed by atoms with Gasteiger partial charge in [0, 0.05) is 31.4 Å². The van der Waals surface area contributed by atoms with E-state index in [9.17, 15) is 9.59 Å². The highest BCUT2D eigenvalue weighted by atomic mass is 16.4. The third-order valence-electron chi connectivity index (χ3n) is 3.30. The minimum atomic E-state index is -0.804. The molecule has 0 saturated heterocycles. The summed E-state index contributed by atoms with van der Waals surface area (Å²) < 4.78 is 1.75. The molecule has 0 spiro atoms. The normalized spacial score (nSPS) is 11.9. The molecule has 2 amide bonds. The number of aryl methyl sites for hydroxylation is 1. The lowest BCUT2D eigenvalue weighted by molar-refractivity contribution is -0.141. The van der Waals surface area contributed by atoms with E-state index in [1.165, 1.54) is 0 Å². The molecule has 0 aliphatic heterocycles. The van der Waals surface area contributed by atoms with Crippen molar-refractivity contribution in [3.05, 3.63) is 17.5 Å². The average Bonchev–Trinajstić information content (AvgIpc) is 2.72. The average molecular weight is 282 g/mol. The van der Waals surface area contributed by atoms with Crippen molar-refractivity contribution in [1.82, 2.24) is 20.4 Å². The van der Waals surface area contributed by atoms with E-state index in [-0.39, 0.29) is 11.9 Å². The smallest absolute Gasteiger partial charge is 0.315 e. The molecule has 7 heteroatoms. The fourth-order valence-electron chi connectivity index (χ4n) is 1.69. The molecule has 3 N–H and O–H groups in total. The van der Waals surface area contributed by atoms with Crippen LogP contribution in [0.5, 0.6) is 0 Å². The van der Waals surface area contributed by atoms with E-state index in [4.69, 9.17) is 5.11 Å². The molecule has 0 bridgehead atoms. The van der Waals surface area contributed by atoms with Crippen molar-refractivity contribution in [1.29, 1.82) is 0 Å². The molecule has 7 nitrogen and oxygen atoms in total. The Morgan fingerprint density at radius 3 is 2.70 bits per heavy atom. The Bertz CT molecular complexity index is 470. The van der Waals surface area contributed by atoms with Crippen molar-refractivity contribution in [2.45, 2.75) is 33.2 Å². The van der Waals surface area contributed by atoms with Crippen LogP contribution in [0.2, 0.25) is 0 Å². The zero-order valence-corrected chi connectivity index (χ0v) is 12.1. The maximum atomic E-state index is 11.5. The van der Waals surface area contributed by atoms with Crippen LogP contribution < -0.4 is 10.6 Å². The number of carbonyl (C=O) groups excluding carboxylic acids is 1. The first kappa shape index (κ1) is 16.0. The lowest BCUT2D eigenvalue weighted by atomic mass is 10.1. The van der Waals surface area contributed by atoms with Gasteiger partial charge in [0.2, 0.25) is 0 Å². The summed E-state index contributed by atoms with van der Waals surface area (Å²) in [5, 5.41) is 18.3. The predicted octanol–water partition coefficient (Wildman–Crippen LogP) is 1.03. The molecule has 1 aromatic heterocycles. The van der Waals surface area contributed by atoms with Gasteiger partial charge < -0.3 is 15.7 Å². The van der Waals surface area contributed by atoms with Crippen LogP contribution in [0, 0.1) is 12.8 Å². The first-order valence-electron chi connectivity index (χ1n) is 6.63. The van der Waals surface area contributed by atoms with Gasteiger partial charge in [-0.3, -0.25) is 9.48 Å². The van der Waals surface area contributed by atoms with E-state index < -0.39 is 5.97 Å². The zero-order valence-electron chi connectivity index (χ0n) is 12.1. The first-order valence-corrected chi connectivity index (χ1v) is 6.63. The monoisotopic (exact) mass is 282 g/mol. The number of carboxylic acid groups (broad SMARTS) is 1. The molecule has 0 aliphatic carbocycles. The largest absolute Gasteiger partial charge is 0.481 e. The lowest BCUT2D eigenvalue weighted by Crippen LogP contribution is -2.35. The molecule has 1 heterocycles. The fourth-order valence-corrected chi connectivity index (χ4v) is 1.69. The molecule has 1 aromatic rings. The maximum Gasteiger partial charge on any atom is 0.315 e. The SMILES string of the molecule is Cc1c(CNC(=O)NCCCC(C)C(=O)O)cnn1C. The van der Waals surface area contributed by atoms with Gasteiger partial charge in [-0.25, -0.2) is 4.79 Å². The maximum absolute atomic E-state index is 11.5. The summed E-state index contributed by atoms with van der Waals surface area (Å²) in [5.41, 5.74) is 1.99. The Balaban J connectivity index is 2.18. The van der Waals surface area contributed by atoms with Crippen LogP contribution in [0.4, 0.5) is 4.79 Å². The van der Waals surface area contributed by atoms with Crippen molar-refractivity contribution in [2.24, 2.45) is 13.0 Å². The predicted molar refractivity (Wildman–Crippen MR) is 74.2 cm³/mol. The van der Waals surface area contributed by atoms with Crippen LogP contribution in [0.15, 0.2) is 6.20 Å². The fraction of sp³-hybridized carbons (Fsp3) is 0.615. The van der Waals surface area contributed by atoms with Gasteiger partial charge in [-0.1, -0.05) is 6.92 Å². The molecule has 1 atom stereocenters. The topological polar surface area (TPSA) is 96.2 Å². The molecular formula is C13H22N4O3. The molecule has 0 aliphatic rings. The number of amides is 2. The van der Waals surface area contributed by atoms with Crippen molar-refractivity contribution in [3.63, 3.8) is 0 Å². The van der Waals surface area contributed by atoms with Crippen molar-refractivity contribution in [2.75, 3.05) is 6.54 Å². The number of aromatic nitrogens is 2. The highest BCUT2D eigenvalue weighted by Gasteiger charge is 2.10. The minimum absolute atomic E-state index is 0.253. The molecule has 0 aromatic carbocycles. The van der Waals surface area contributed by atoms with Gasteiger partial charge in [-0.15, -0.1) is 0 Å². The molecule has 0 radical (unpaired) electrons. The Labute approximate surface area is 118 Å². The summed E-state index contributed by atoms with van der Waals surface area (Å²) in [6.45, 7) is 4.50. The Hall–Kier alpha value is -2.05. The number of hydrogen-bond donors (Lipinski definition) is 3. The van der Waals surface area contributed by atoms with E-state index in [1.807, 2.05) is 14.0 Å². The molecule has 20 heavy (non-hydrogen) atoms. The van der Waals surface area contributed by atoms with Crippen LogP contribution in [0.1, 0.15) is 31.0 Å². The third-order valence-corrected chi connectivity index (χ3v) is 3.30. The Kier molecular flexibility index (Phi) is 6.02. The van der Waals surface area contributed by atoms with Crippen LogP contribution in [-0.4, -0.2) is 33.4 Å². The second-order valence-corrected chi connectivity index (χ2v) is 4.87. The molecule has 0 saturated carbocycles. The Morgan fingerprint density at radius 2 is 2.15 bits per heavy atom. The third kappa shape index (κ3) is 4.91. The number of carbonyl (C=O) groups is 2. The quantitative estimate of drug-likeness (QED) is 0.651. The van der Waals surface area contributed by atoms with Crippen molar-refractivity contribution >= 4 is 12.0 Å². The molecule has 112 valence electrons. The van der Waals surface area contributed by atoms with E-state index in [0.29, 0.717) is 25.9 Å². The second kappa shape index (κ2) is 7.52. The van der Waals surface area contributed by atoms with Crippen LogP contribution >= 0.6 is 0 Å². The first-order chi connectivity index (χ1) is 9.41. The summed E-state index contributed by atoms with van der Waals surface area (Å²) in [5.74, 6) is -1.18. The van der Waals surface area contributed by atoms with Crippen LogP contribution in [0.3, 0.4) is 0 Å². The van der Waals surface area contributed by atoms with E-state index in [0.717, 1.165) is 11.3 Å². The number of hydrogen-bond acceptors (Lipinski definition) is 3. The van der Waals surface area contributed by atoms with Crippen molar-refractivity contribution in [3.8, 4) is 0 Å². The lowest BCUT2D eigenvalue weighted by Gasteiger charge is -2.09. The number of carboxylic acids is 1. The number of nitrogens with one attached hydrogen (secondary N) is 2. The van der Waals surface area contributed by atoms with E-state index in [1.54, 1.807) is 17.8 Å². The second-order valence-electron chi connectivity index (χ2n) is 4.87. The van der Waals surface area contributed by atoms with Crippen molar-refractivity contribution < 1.29 is 14.7 Å². The standard InChI is InChI=1S/C13H22N4O3/c1-9(12(18)19)5-4-6-14-13(20)15-7-11-8-16-17(3)10(11)2/h8-9H,4-7H2,1-3H3,(H,18,19)(H2,14,15,20).